The standard InChI is InChI=1S/C25H25N3O2/c1-3-20-11-7-8-18(2)23(20)26-22(29)17-28-15-13-21-12-14-27(24(21)25(28)30)16-19-9-5-4-6-10-19/h4-15H,3,16-17H2,1-2H3,(H,26,29). The van der Waals surface area contributed by atoms with Gasteiger partial charge in [-0.15, -0.1) is 0 Å². The number of fused-ring (bicyclic) bond motifs is 1. The minimum Gasteiger partial charge on any atom is -0.339 e. The highest BCUT2D eigenvalue weighted by Gasteiger charge is 2.13. The van der Waals surface area contributed by atoms with Crippen LogP contribution in [0.1, 0.15) is 23.6 Å². The molecule has 0 atom stereocenters. The number of aryl methyl sites for hydroxylation is 2. The van der Waals surface area contributed by atoms with Crippen molar-refractivity contribution in [3.63, 3.8) is 0 Å². The van der Waals surface area contributed by atoms with E-state index in [1.807, 2.05) is 78.4 Å². The molecule has 30 heavy (non-hydrogen) atoms. The third-order valence-electron chi connectivity index (χ3n) is 5.41. The molecule has 2 aromatic heterocycles. The van der Waals surface area contributed by atoms with Gasteiger partial charge >= 0.3 is 0 Å². The van der Waals surface area contributed by atoms with Crippen LogP contribution in [-0.4, -0.2) is 15.0 Å². The summed E-state index contributed by atoms with van der Waals surface area (Å²) in [5.74, 6) is -0.207. The Kier molecular flexibility index (Phi) is 5.53. The molecule has 1 N–H and O–H groups in total. The monoisotopic (exact) mass is 399 g/mol. The fourth-order valence-corrected chi connectivity index (χ4v) is 3.82. The van der Waals surface area contributed by atoms with Gasteiger partial charge in [0.1, 0.15) is 12.1 Å². The van der Waals surface area contributed by atoms with E-state index >= 15 is 0 Å². The summed E-state index contributed by atoms with van der Waals surface area (Å²) in [4.78, 5) is 25.9. The van der Waals surface area contributed by atoms with Crippen LogP contribution >= 0.6 is 0 Å². The van der Waals surface area contributed by atoms with E-state index in [0.29, 0.717) is 12.1 Å². The molecule has 2 aromatic carbocycles. The first-order chi connectivity index (χ1) is 14.6. The molecule has 5 heteroatoms. The van der Waals surface area contributed by atoms with Crippen molar-refractivity contribution in [3.05, 3.63) is 100 Å². The number of amides is 1. The minimum atomic E-state index is -0.207. The fraction of sp³-hybridized carbons (Fsp3) is 0.200. The van der Waals surface area contributed by atoms with Gasteiger partial charge in [-0.3, -0.25) is 9.59 Å². The molecule has 0 saturated carbocycles. The van der Waals surface area contributed by atoms with Crippen LogP contribution in [0.5, 0.6) is 0 Å². The van der Waals surface area contributed by atoms with E-state index in [-0.39, 0.29) is 18.0 Å². The van der Waals surface area contributed by atoms with Crippen LogP contribution in [0, 0.1) is 6.92 Å². The lowest BCUT2D eigenvalue weighted by Gasteiger charge is -2.14. The summed E-state index contributed by atoms with van der Waals surface area (Å²) < 4.78 is 3.42. The van der Waals surface area contributed by atoms with Gasteiger partial charge in [0, 0.05) is 30.0 Å². The van der Waals surface area contributed by atoms with Crippen molar-refractivity contribution in [3.8, 4) is 0 Å². The van der Waals surface area contributed by atoms with Crippen LogP contribution < -0.4 is 10.9 Å². The SMILES string of the molecule is CCc1cccc(C)c1NC(=O)Cn1ccc2ccn(Cc3ccccc3)c2c1=O. The Labute approximate surface area is 175 Å². The maximum atomic E-state index is 13.1. The highest BCUT2D eigenvalue weighted by Crippen LogP contribution is 2.21. The lowest BCUT2D eigenvalue weighted by Crippen LogP contribution is -2.28. The maximum absolute atomic E-state index is 13.1. The Morgan fingerprint density at radius 2 is 1.67 bits per heavy atom. The van der Waals surface area contributed by atoms with Crippen molar-refractivity contribution in [2.75, 3.05) is 5.32 Å². The van der Waals surface area contributed by atoms with Gasteiger partial charge in [0.15, 0.2) is 0 Å². The number of carbonyl (C=O) groups excluding carboxylic acids is 1. The fourth-order valence-electron chi connectivity index (χ4n) is 3.82. The predicted octanol–water partition coefficient (Wildman–Crippen LogP) is 4.36. The maximum Gasteiger partial charge on any atom is 0.275 e. The normalized spacial score (nSPS) is 11.0. The minimum absolute atomic E-state index is 0.0250. The van der Waals surface area contributed by atoms with Gasteiger partial charge < -0.3 is 14.5 Å². The second kappa shape index (κ2) is 8.41. The summed E-state index contributed by atoms with van der Waals surface area (Å²) >= 11 is 0. The number of pyridine rings is 1. The average Bonchev–Trinajstić information content (AvgIpc) is 3.15. The number of carbonyl (C=O) groups is 1. The molecule has 0 aliphatic heterocycles. The highest BCUT2D eigenvalue weighted by molar-refractivity contribution is 5.92. The molecule has 0 aliphatic carbocycles. The molecule has 2 heterocycles. The van der Waals surface area contributed by atoms with Gasteiger partial charge in [0.2, 0.25) is 5.91 Å². The Morgan fingerprint density at radius 3 is 2.40 bits per heavy atom. The first kappa shape index (κ1) is 19.7. The molecule has 0 aliphatic rings. The van der Waals surface area contributed by atoms with Gasteiger partial charge in [0.05, 0.1) is 0 Å². The predicted molar refractivity (Wildman–Crippen MR) is 121 cm³/mol. The van der Waals surface area contributed by atoms with E-state index in [2.05, 4.69) is 12.2 Å². The number of nitrogens with one attached hydrogen (secondary N) is 1. The zero-order valence-electron chi connectivity index (χ0n) is 17.3. The first-order valence-corrected chi connectivity index (χ1v) is 10.2. The van der Waals surface area contributed by atoms with Crippen LogP contribution in [-0.2, 0) is 24.3 Å². The lowest BCUT2D eigenvalue weighted by molar-refractivity contribution is -0.116. The number of nitrogens with zero attached hydrogens (tertiary/aromatic N) is 2. The summed E-state index contributed by atoms with van der Waals surface area (Å²) in [6, 6.07) is 19.8. The third kappa shape index (κ3) is 3.92. The zero-order valence-corrected chi connectivity index (χ0v) is 17.3. The molecule has 0 fully saturated rings. The van der Waals surface area contributed by atoms with E-state index in [0.717, 1.165) is 34.2 Å². The molecule has 0 radical (unpaired) electrons. The second-order valence-electron chi connectivity index (χ2n) is 7.49. The molecule has 4 rings (SSSR count). The van der Waals surface area contributed by atoms with Gasteiger partial charge in [-0.05, 0) is 42.2 Å². The molecule has 5 nitrogen and oxygen atoms in total. The molecule has 152 valence electrons. The van der Waals surface area contributed by atoms with Crippen molar-refractivity contribution >= 4 is 22.5 Å². The summed E-state index contributed by atoms with van der Waals surface area (Å²) in [5, 5.41) is 3.87. The van der Waals surface area contributed by atoms with E-state index < -0.39 is 0 Å². The van der Waals surface area contributed by atoms with Gasteiger partial charge in [-0.25, -0.2) is 0 Å². The van der Waals surface area contributed by atoms with E-state index in [9.17, 15) is 9.59 Å². The number of hydrogen-bond donors (Lipinski definition) is 1. The van der Waals surface area contributed by atoms with Crippen molar-refractivity contribution < 1.29 is 4.79 Å². The van der Waals surface area contributed by atoms with Crippen molar-refractivity contribution in [2.24, 2.45) is 0 Å². The number of anilines is 1. The smallest absolute Gasteiger partial charge is 0.275 e. The van der Waals surface area contributed by atoms with Crippen molar-refractivity contribution in [2.45, 2.75) is 33.4 Å². The molecular formula is C25H25N3O2. The topological polar surface area (TPSA) is 56.0 Å². The molecule has 0 saturated heterocycles. The van der Waals surface area contributed by atoms with Crippen LogP contribution in [0.15, 0.2) is 77.9 Å². The summed E-state index contributed by atoms with van der Waals surface area (Å²) in [7, 11) is 0. The average molecular weight is 399 g/mol. The van der Waals surface area contributed by atoms with E-state index in [1.165, 1.54) is 4.57 Å². The first-order valence-electron chi connectivity index (χ1n) is 10.2. The summed E-state index contributed by atoms with van der Waals surface area (Å²) in [6.45, 7) is 4.62. The van der Waals surface area contributed by atoms with Gasteiger partial charge in [-0.2, -0.15) is 0 Å². The second-order valence-corrected chi connectivity index (χ2v) is 7.49. The number of aromatic nitrogens is 2. The highest BCUT2D eigenvalue weighted by atomic mass is 16.2. The van der Waals surface area contributed by atoms with E-state index in [1.54, 1.807) is 6.20 Å². The number of benzene rings is 2. The Bertz CT molecular complexity index is 1250. The van der Waals surface area contributed by atoms with Crippen molar-refractivity contribution in [1.29, 1.82) is 0 Å². The number of hydrogen-bond acceptors (Lipinski definition) is 2. The van der Waals surface area contributed by atoms with Gasteiger partial charge in [-0.1, -0.05) is 55.5 Å². The number of rotatable bonds is 6. The van der Waals surface area contributed by atoms with Crippen LogP contribution in [0.2, 0.25) is 0 Å². The molecule has 0 spiro atoms. The number of para-hydroxylation sites is 1. The Hall–Kier alpha value is -3.60. The molecule has 1 amide bonds. The summed E-state index contributed by atoms with van der Waals surface area (Å²) in [6.07, 6.45) is 4.44. The zero-order chi connectivity index (χ0) is 21.1. The van der Waals surface area contributed by atoms with Crippen LogP contribution in [0.4, 0.5) is 5.69 Å². The molecule has 0 unspecified atom stereocenters. The summed E-state index contributed by atoms with van der Waals surface area (Å²) in [5.41, 5.74) is 4.51. The third-order valence-corrected chi connectivity index (χ3v) is 5.41. The van der Waals surface area contributed by atoms with E-state index in [4.69, 9.17) is 0 Å². The largest absolute Gasteiger partial charge is 0.339 e. The quantitative estimate of drug-likeness (QED) is 0.524. The van der Waals surface area contributed by atoms with Gasteiger partial charge in [0.25, 0.3) is 5.56 Å². The molecule has 0 bridgehead atoms. The molecular weight excluding hydrogens is 374 g/mol. The molecule has 4 aromatic rings. The van der Waals surface area contributed by atoms with Crippen LogP contribution in [0.25, 0.3) is 10.9 Å². The Balaban J connectivity index is 1.61. The van der Waals surface area contributed by atoms with Crippen LogP contribution in [0.3, 0.4) is 0 Å². The lowest BCUT2D eigenvalue weighted by atomic mass is 10.1. The van der Waals surface area contributed by atoms with Crippen molar-refractivity contribution in [1.82, 2.24) is 9.13 Å². The Morgan fingerprint density at radius 1 is 0.933 bits per heavy atom.